The van der Waals surface area contributed by atoms with E-state index >= 15 is 0 Å². The Morgan fingerprint density at radius 1 is 1.21 bits per heavy atom. The highest BCUT2D eigenvalue weighted by Gasteiger charge is 1.93. The number of allylic oxidation sites excluding steroid dienone is 1. The maximum atomic E-state index is 10.7. The summed E-state index contributed by atoms with van der Waals surface area (Å²) in [5.74, 6) is 0.0710. The molecule has 1 aromatic carbocycles. The largest absolute Gasteiger partial charge is 0.378 e. The minimum Gasteiger partial charge on any atom is -0.378 e. The van der Waals surface area contributed by atoms with Gasteiger partial charge in [0, 0.05) is 19.8 Å². The molecule has 1 rings (SSSR count). The molecule has 1 aromatic rings. The second-order valence-corrected chi connectivity index (χ2v) is 3.43. The fourth-order valence-corrected chi connectivity index (χ4v) is 1.10. The molecule has 0 atom stereocenters. The fourth-order valence-electron chi connectivity index (χ4n) is 1.10. The van der Waals surface area contributed by atoms with Crippen molar-refractivity contribution in [1.82, 2.24) is 0 Å². The number of benzene rings is 1. The van der Waals surface area contributed by atoms with E-state index in [1.807, 2.05) is 49.3 Å². The Hall–Kier alpha value is -1.57. The molecule has 0 aromatic heterocycles. The van der Waals surface area contributed by atoms with E-state index in [0.717, 1.165) is 11.3 Å². The van der Waals surface area contributed by atoms with Crippen molar-refractivity contribution >= 4 is 17.5 Å². The SMILES string of the molecule is CC(=O)/C=C\c1ccc(N(C)C)cc1. The number of carbonyl (C=O) groups is 1. The van der Waals surface area contributed by atoms with Crippen molar-refractivity contribution < 1.29 is 4.79 Å². The molecule has 0 aliphatic heterocycles. The minimum atomic E-state index is 0.0710. The molecule has 0 radical (unpaired) electrons. The Morgan fingerprint density at radius 3 is 2.21 bits per heavy atom. The van der Waals surface area contributed by atoms with E-state index in [1.165, 1.54) is 0 Å². The first kappa shape index (κ1) is 10.5. The van der Waals surface area contributed by atoms with Crippen LogP contribution in [0.4, 0.5) is 5.69 Å². The zero-order chi connectivity index (χ0) is 10.6. The first-order valence-corrected chi connectivity index (χ1v) is 4.55. The van der Waals surface area contributed by atoms with Gasteiger partial charge in [-0.1, -0.05) is 18.2 Å². The van der Waals surface area contributed by atoms with Gasteiger partial charge in [0.15, 0.2) is 5.78 Å². The summed E-state index contributed by atoms with van der Waals surface area (Å²) in [6.45, 7) is 1.55. The molecular weight excluding hydrogens is 174 g/mol. The second kappa shape index (κ2) is 4.61. The molecule has 0 saturated heterocycles. The molecule has 0 spiro atoms. The van der Waals surface area contributed by atoms with Gasteiger partial charge in [0.05, 0.1) is 0 Å². The molecule has 2 heteroatoms. The molecule has 0 fully saturated rings. The normalized spacial score (nSPS) is 10.5. The number of nitrogens with zero attached hydrogens (tertiary/aromatic N) is 1. The van der Waals surface area contributed by atoms with Crippen molar-refractivity contribution in [1.29, 1.82) is 0 Å². The fraction of sp³-hybridized carbons (Fsp3) is 0.250. The number of hydrogen-bond donors (Lipinski definition) is 0. The maximum Gasteiger partial charge on any atom is 0.152 e. The van der Waals surface area contributed by atoms with Crippen molar-refractivity contribution in [2.75, 3.05) is 19.0 Å². The van der Waals surface area contributed by atoms with Gasteiger partial charge in [-0.2, -0.15) is 0 Å². The third-order valence-electron chi connectivity index (χ3n) is 1.92. The molecule has 74 valence electrons. The smallest absolute Gasteiger partial charge is 0.152 e. The number of carbonyl (C=O) groups excluding carboxylic acids is 1. The Bertz CT molecular complexity index is 336. The summed E-state index contributed by atoms with van der Waals surface area (Å²) in [4.78, 5) is 12.7. The highest BCUT2D eigenvalue weighted by molar-refractivity contribution is 5.91. The summed E-state index contributed by atoms with van der Waals surface area (Å²) < 4.78 is 0. The van der Waals surface area contributed by atoms with Gasteiger partial charge in [0.1, 0.15) is 0 Å². The molecule has 0 saturated carbocycles. The van der Waals surface area contributed by atoms with Crippen LogP contribution in [0.5, 0.6) is 0 Å². The summed E-state index contributed by atoms with van der Waals surface area (Å²) in [6.07, 6.45) is 3.40. The topological polar surface area (TPSA) is 20.3 Å². The summed E-state index contributed by atoms with van der Waals surface area (Å²) in [5, 5.41) is 0. The van der Waals surface area contributed by atoms with Crippen LogP contribution in [0.3, 0.4) is 0 Å². The summed E-state index contributed by atoms with van der Waals surface area (Å²) in [6, 6.07) is 8.04. The van der Waals surface area contributed by atoms with E-state index in [9.17, 15) is 4.79 Å². The van der Waals surface area contributed by atoms with E-state index in [-0.39, 0.29) is 5.78 Å². The molecule has 0 N–H and O–H groups in total. The van der Waals surface area contributed by atoms with Crippen LogP contribution in [0, 0.1) is 0 Å². The molecular formula is C12H15NO. The maximum absolute atomic E-state index is 10.7. The molecule has 0 aliphatic rings. The number of hydrogen-bond acceptors (Lipinski definition) is 2. The molecule has 0 bridgehead atoms. The van der Waals surface area contributed by atoms with Gasteiger partial charge in [0.2, 0.25) is 0 Å². The predicted molar refractivity (Wildman–Crippen MR) is 60.5 cm³/mol. The number of ketones is 1. The third kappa shape index (κ3) is 3.05. The van der Waals surface area contributed by atoms with Gasteiger partial charge in [0.25, 0.3) is 0 Å². The monoisotopic (exact) mass is 189 g/mol. The van der Waals surface area contributed by atoms with Gasteiger partial charge in [-0.15, -0.1) is 0 Å². The lowest BCUT2D eigenvalue weighted by molar-refractivity contribution is -0.112. The van der Waals surface area contributed by atoms with Gasteiger partial charge in [-0.3, -0.25) is 4.79 Å². The van der Waals surface area contributed by atoms with Crippen LogP contribution < -0.4 is 4.90 Å². The highest BCUT2D eigenvalue weighted by atomic mass is 16.1. The second-order valence-electron chi connectivity index (χ2n) is 3.43. The number of rotatable bonds is 3. The van der Waals surface area contributed by atoms with Crippen molar-refractivity contribution in [3.8, 4) is 0 Å². The van der Waals surface area contributed by atoms with Gasteiger partial charge >= 0.3 is 0 Å². The molecule has 2 nitrogen and oxygen atoms in total. The van der Waals surface area contributed by atoms with Crippen LogP contribution in [0.25, 0.3) is 6.08 Å². The summed E-state index contributed by atoms with van der Waals surface area (Å²) in [7, 11) is 4.00. The first-order chi connectivity index (χ1) is 6.59. The highest BCUT2D eigenvalue weighted by Crippen LogP contribution is 2.12. The van der Waals surface area contributed by atoms with Gasteiger partial charge < -0.3 is 4.90 Å². The quantitative estimate of drug-likeness (QED) is 0.680. The van der Waals surface area contributed by atoms with Crippen LogP contribution in [0.15, 0.2) is 30.3 Å². The Labute approximate surface area is 84.9 Å². The Kier molecular flexibility index (Phi) is 3.46. The zero-order valence-electron chi connectivity index (χ0n) is 8.82. The molecule has 0 heterocycles. The lowest BCUT2D eigenvalue weighted by Gasteiger charge is -2.11. The van der Waals surface area contributed by atoms with Crippen molar-refractivity contribution in [3.63, 3.8) is 0 Å². The van der Waals surface area contributed by atoms with Crippen LogP contribution in [-0.2, 0) is 4.79 Å². The van der Waals surface area contributed by atoms with E-state index in [4.69, 9.17) is 0 Å². The lowest BCUT2D eigenvalue weighted by Crippen LogP contribution is -2.07. The van der Waals surface area contributed by atoms with E-state index in [0.29, 0.717) is 0 Å². The molecule has 0 aliphatic carbocycles. The van der Waals surface area contributed by atoms with Crippen LogP contribution >= 0.6 is 0 Å². The lowest BCUT2D eigenvalue weighted by atomic mass is 10.2. The van der Waals surface area contributed by atoms with Gasteiger partial charge in [-0.25, -0.2) is 0 Å². The molecule has 0 unspecified atom stereocenters. The van der Waals surface area contributed by atoms with Crippen molar-refractivity contribution in [2.45, 2.75) is 6.92 Å². The Balaban J connectivity index is 2.78. The van der Waals surface area contributed by atoms with E-state index in [2.05, 4.69) is 0 Å². The summed E-state index contributed by atoms with van der Waals surface area (Å²) >= 11 is 0. The summed E-state index contributed by atoms with van der Waals surface area (Å²) in [5.41, 5.74) is 2.20. The molecule has 14 heavy (non-hydrogen) atoms. The average molecular weight is 189 g/mol. The zero-order valence-corrected chi connectivity index (χ0v) is 8.82. The van der Waals surface area contributed by atoms with Crippen molar-refractivity contribution in [3.05, 3.63) is 35.9 Å². The van der Waals surface area contributed by atoms with Crippen LogP contribution in [0.2, 0.25) is 0 Å². The van der Waals surface area contributed by atoms with Crippen molar-refractivity contribution in [2.24, 2.45) is 0 Å². The van der Waals surface area contributed by atoms with Crippen LogP contribution in [0.1, 0.15) is 12.5 Å². The standard InChI is InChI=1S/C12H15NO/c1-10(14)4-5-11-6-8-12(9-7-11)13(2)3/h4-9H,1-3H3/b5-4-. The third-order valence-corrected chi connectivity index (χ3v) is 1.92. The molecule has 0 amide bonds. The predicted octanol–water partition coefficient (Wildman–Crippen LogP) is 2.35. The van der Waals surface area contributed by atoms with E-state index < -0.39 is 0 Å². The van der Waals surface area contributed by atoms with E-state index in [1.54, 1.807) is 13.0 Å². The first-order valence-electron chi connectivity index (χ1n) is 4.55. The van der Waals surface area contributed by atoms with Crippen LogP contribution in [-0.4, -0.2) is 19.9 Å². The number of anilines is 1. The Morgan fingerprint density at radius 2 is 1.79 bits per heavy atom. The average Bonchev–Trinajstić information content (AvgIpc) is 2.15. The minimum absolute atomic E-state index is 0.0710. The van der Waals surface area contributed by atoms with Gasteiger partial charge in [-0.05, 0) is 30.7 Å².